The van der Waals surface area contributed by atoms with Gasteiger partial charge in [0.1, 0.15) is 0 Å². The minimum absolute atomic E-state index is 0.0338. The number of amides is 1. The fourth-order valence-corrected chi connectivity index (χ4v) is 3.37. The Labute approximate surface area is 113 Å². The van der Waals surface area contributed by atoms with Crippen LogP contribution in [0.25, 0.3) is 0 Å². The molecule has 0 saturated carbocycles. The highest BCUT2D eigenvalue weighted by Crippen LogP contribution is 2.39. The van der Waals surface area contributed by atoms with Crippen molar-refractivity contribution in [1.82, 2.24) is 10.2 Å². The lowest BCUT2D eigenvalue weighted by Gasteiger charge is -2.57. The molecule has 0 aromatic carbocycles. The molecule has 2 heterocycles. The number of nitrogens with one attached hydrogen (secondary N) is 1. The number of carbonyl (C=O) groups excluding carboxylic acids is 2. The number of carbonyl (C=O) groups is 2. The summed E-state index contributed by atoms with van der Waals surface area (Å²) in [6.07, 6.45) is 2.29. The van der Waals surface area contributed by atoms with E-state index in [4.69, 9.17) is 11.6 Å². The Balaban J connectivity index is 2.42. The molecule has 0 aromatic rings. The molecule has 2 atom stereocenters. The van der Waals surface area contributed by atoms with Crippen molar-refractivity contribution in [2.24, 2.45) is 5.41 Å². The summed E-state index contributed by atoms with van der Waals surface area (Å²) in [5.74, 6) is -0.0225. The summed E-state index contributed by atoms with van der Waals surface area (Å²) < 4.78 is 0. The van der Waals surface area contributed by atoms with E-state index in [1.165, 1.54) is 0 Å². The van der Waals surface area contributed by atoms with Gasteiger partial charge >= 0.3 is 0 Å². The van der Waals surface area contributed by atoms with E-state index in [-0.39, 0.29) is 23.0 Å². The Hall–Kier alpha value is -0.610. The Morgan fingerprint density at radius 2 is 2.17 bits per heavy atom. The second kappa shape index (κ2) is 4.49. The molecule has 2 rings (SSSR count). The number of rotatable bonds is 2. The third-order valence-corrected chi connectivity index (χ3v) is 4.48. The van der Waals surface area contributed by atoms with Crippen LogP contribution in [0.1, 0.15) is 40.0 Å². The van der Waals surface area contributed by atoms with Gasteiger partial charge in [0.25, 0.3) is 0 Å². The van der Waals surface area contributed by atoms with E-state index in [1.807, 2.05) is 20.8 Å². The maximum atomic E-state index is 12.2. The Bertz CT molecular complexity index is 375. The van der Waals surface area contributed by atoms with Gasteiger partial charge in [0.15, 0.2) is 5.78 Å². The van der Waals surface area contributed by atoms with Gasteiger partial charge in [-0.3, -0.25) is 14.9 Å². The second-order valence-electron chi connectivity index (χ2n) is 6.24. The van der Waals surface area contributed by atoms with Crippen molar-refractivity contribution < 1.29 is 9.59 Å². The van der Waals surface area contributed by atoms with Crippen LogP contribution in [0.15, 0.2) is 0 Å². The highest BCUT2D eigenvalue weighted by molar-refractivity contribution is 6.28. The van der Waals surface area contributed by atoms with Crippen molar-refractivity contribution in [1.29, 1.82) is 0 Å². The van der Waals surface area contributed by atoms with Crippen molar-refractivity contribution >= 4 is 23.3 Å². The van der Waals surface area contributed by atoms with E-state index < -0.39 is 11.7 Å². The number of alkyl halides is 1. The van der Waals surface area contributed by atoms with Gasteiger partial charge in [-0.1, -0.05) is 13.8 Å². The van der Waals surface area contributed by atoms with E-state index >= 15 is 0 Å². The summed E-state index contributed by atoms with van der Waals surface area (Å²) in [7, 11) is 0. The van der Waals surface area contributed by atoms with Crippen LogP contribution in [-0.4, -0.2) is 40.7 Å². The van der Waals surface area contributed by atoms with Crippen LogP contribution >= 0.6 is 11.6 Å². The molecule has 0 aromatic heterocycles. The van der Waals surface area contributed by atoms with E-state index in [2.05, 4.69) is 5.32 Å². The van der Waals surface area contributed by atoms with Crippen LogP contribution in [0.5, 0.6) is 0 Å². The average Bonchev–Trinajstić information content (AvgIpc) is 2.30. The zero-order chi connectivity index (χ0) is 13.6. The van der Waals surface area contributed by atoms with E-state index in [1.54, 1.807) is 4.90 Å². The number of nitrogens with zero attached hydrogens (tertiary/aromatic N) is 1. The monoisotopic (exact) mass is 272 g/mol. The number of halogens is 1. The number of Topliss-reactive ketones (excluding diaryl/α,β-unsaturated/α-hetero) is 1. The lowest BCUT2D eigenvalue weighted by molar-refractivity contribution is -0.165. The SMILES string of the molecule is CC1(C)CNC2(C)CCCC(=O)N2C1C(=O)CCl. The molecule has 0 bridgehead atoms. The van der Waals surface area contributed by atoms with Gasteiger partial charge < -0.3 is 4.90 Å². The zero-order valence-corrected chi connectivity index (χ0v) is 12.0. The highest BCUT2D eigenvalue weighted by atomic mass is 35.5. The summed E-state index contributed by atoms with van der Waals surface area (Å²) in [5, 5.41) is 3.44. The molecule has 2 aliphatic rings. The van der Waals surface area contributed by atoms with Crippen molar-refractivity contribution in [2.45, 2.75) is 51.7 Å². The van der Waals surface area contributed by atoms with E-state index in [0.29, 0.717) is 6.42 Å². The molecule has 2 saturated heterocycles. The minimum Gasteiger partial charge on any atom is -0.314 e. The summed E-state index contributed by atoms with van der Waals surface area (Å²) in [6, 6.07) is -0.408. The number of fused-ring (bicyclic) bond motifs is 1. The summed E-state index contributed by atoms with van der Waals surface area (Å²) in [4.78, 5) is 26.2. The Kier molecular flexibility index (Phi) is 3.45. The van der Waals surface area contributed by atoms with Crippen LogP contribution in [0, 0.1) is 5.41 Å². The molecule has 2 fully saturated rings. The number of hydrogen-bond acceptors (Lipinski definition) is 3. The maximum Gasteiger partial charge on any atom is 0.224 e. The van der Waals surface area contributed by atoms with Gasteiger partial charge in [-0.05, 0) is 19.8 Å². The average molecular weight is 273 g/mol. The number of ketones is 1. The van der Waals surface area contributed by atoms with E-state index in [9.17, 15) is 9.59 Å². The molecule has 1 amide bonds. The van der Waals surface area contributed by atoms with Crippen LogP contribution in [-0.2, 0) is 9.59 Å². The van der Waals surface area contributed by atoms with Crippen molar-refractivity contribution in [3.8, 4) is 0 Å². The molecule has 0 aliphatic carbocycles. The zero-order valence-electron chi connectivity index (χ0n) is 11.3. The van der Waals surface area contributed by atoms with Crippen molar-refractivity contribution in [3.05, 3.63) is 0 Å². The lowest BCUT2D eigenvalue weighted by Crippen LogP contribution is -2.74. The molecular weight excluding hydrogens is 252 g/mol. The van der Waals surface area contributed by atoms with Crippen LogP contribution in [0.3, 0.4) is 0 Å². The topological polar surface area (TPSA) is 49.4 Å². The molecular formula is C13H21ClN2O2. The van der Waals surface area contributed by atoms with Crippen molar-refractivity contribution in [3.63, 3.8) is 0 Å². The first kappa shape index (κ1) is 13.8. The van der Waals surface area contributed by atoms with Gasteiger partial charge in [0, 0.05) is 18.4 Å². The molecule has 2 aliphatic heterocycles. The molecule has 102 valence electrons. The van der Waals surface area contributed by atoms with Gasteiger partial charge in [0.05, 0.1) is 17.6 Å². The largest absolute Gasteiger partial charge is 0.314 e. The Morgan fingerprint density at radius 1 is 1.50 bits per heavy atom. The quantitative estimate of drug-likeness (QED) is 0.776. The molecule has 0 spiro atoms. The molecule has 4 nitrogen and oxygen atoms in total. The maximum absolute atomic E-state index is 12.2. The van der Waals surface area contributed by atoms with Gasteiger partial charge in [0.2, 0.25) is 5.91 Å². The normalized spacial score (nSPS) is 35.2. The predicted molar refractivity (Wildman–Crippen MR) is 70.4 cm³/mol. The van der Waals surface area contributed by atoms with Crippen molar-refractivity contribution in [2.75, 3.05) is 12.4 Å². The predicted octanol–water partition coefficient (Wildman–Crippen LogP) is 1.52. The van der Waals surface area contributed by atoms with Gasteiger partial charge in [-0.2, -0.15) is 0 Å². The summed E-state index contributed by atoms with van der Waals surface area (Å²) >= 11 is 5.73. The molecule has 1 N–H and O–H groups in total. The highest BCUT2D eigenvalue weighted by Gasteiger charge is 2.53. The Morgan fingerprint density at radius 3 is 2.78 bits per heavy atom. The number of hydrogen-bond donors (Lipinski definition) is 1. The molecule has 0 radical (unpaired) electrons. The smallest absolute Gasteiger partial charge is 0.224 e. The summed E-state index contributed by atoms with van der Waals surface area (Å²) in [5.41, 5.74) is -0.671. The molecule has 18 heavy (non-hydrogen) atoms. The van der Waals surface area contributed by atoms with Crippen LogP contribution in [0.4, 0.5) is 0 Å². The van der Waals surface area contributed by atoms with Gasteiger partial charge in [-0.25, -0.2) is 0 Å². The van der Waals surface area contributed by atoms with Crippen LogP contribution < -0.4 is 5.32 Å². The minimum atomic E-state index is -0.408. The van der Waals surface area contributed by atoms with E-state index in [0.717, 1.165) is 19.4 Å². The summed E-state index contributed by atoms with van der Waals surface area (Å²) in [6.45, 7) is 6.75. The first-order chi connectivity index (χ1) is 8.32. The fourth-order valence-electron chi connectivity index (χ4n) is 3.22. The standard InChI is InChI=1S/C13H21ClN2O2/c1-12(2)8-15-13(3)6-4-5-10(18)16(13)11(12)9(17)7-14/h11,15H,4-8H2,1-3H3. The molecule has 2 unspecified atom stereocenters. The van der Waals surface area contributed by atoms with Gasteiger partial charge in [-0.15, -0.1) is 11.6 Å². The van der Waals surface area contributed by atoms with Crippen LogP contribution in [0.2, 0.25) is 0 Å². The third kappa shape index (κ3) is 2.05. The first-order valence-electron chi connectivity index (χ1n) is 6.48. The lowest BCUT2D eigenvalue weighted by atomic mass is 9.75. The second-order valence-corrected chi connectivity index (χ2v) is 6.50. The fraction of sp³-hybridized carbons (Fsp3) is 0.846. The third-order valence-electron chi connectivity index (χ3n) is 4.21. The number of piperidine rings is 1. The molecule has 5 heteroatoms. The first-order valence-corrected chi connectivity index (χ1v) is 7.01.